The summed E-state index contributed by atoms with van der Waals surface area (Å²) in [7, 11) is -3.72. The molecule has 0 bridgehead atoms. The number of carbonyl (C=O) groups excluding carboxylic acids is 2. The number of nitrogens with zero attached hydrogens (tertiary/aromatic N) is 1. The number of piperidine rings is 1. The van der Waals surface area contributed by atoms with Gasteiger partial charge in [0.15, 0.2) is 0 Å². The largest absolute Gasteiger partial charge is 0.326 e. The predicted molar refractivity (Wildman–Crippen MR) is 115 cm³/mol. The molecule has 7 nitrogen and oxygen atoms in total. The first-order valence-corrected chi connectivity index (χ1v) is 11.7. The number of benzene rings is 2. The Kier molecular flexibility index (Phi) is 5.87. The number of aryl methyl sites for hydroxylation is 1. The molecule has 30 heavy (non-hydrogen) atoms. The van der Waals surface area contributed by atoms with Crippen LogP contribution in [0.15, 0.2) is 53.4 Å². The Labute approximate surface area is 176 Å². The Morgan fingerprint density at radius 1 is 1.07 bits per heavy atom. The number of fused-ring (bicyclic) bond motifs is 1. The second-order valence-electron chi connectivity index (χ2n) is 7.78. The highest BCUT2D eigenvalue weighted by atomic mass is 32.2. The summed E-state index contributed by atoms with van der Waals surface area (Å²) in [6.45, 7) is 0.556. The zero-order valence-corrected chi connectivity index (χ0v) is 17.5. The molecular weight excluding hydrogens is 402 g/mol. The van der Waals surface area contributed by atoms with Crippen molar-refractivity contribution in [3.05, 3.63) is 54.1 Å². The Balaban J connectivity index is 1.50. The highest BCUT2D eigenvalue weighted by Gasteiger charge is 2.33. The van der Waals surface area contributed by atoms with E-state index >= 15 is 0 Å². The van der Waals surface area contributed by atoms with Crippen molar-refractivity contribution >= 4 is 33.2 Å². The van der Waals surface area contributed by atoms with Gasteiger partial charge in [-0.25, -0.2) is 8.42 Å². The smallest absolute Gasteiger partial charge is 0.243 e. The summed E-state index contributed by atoms with van der Waals surface area (Å²) in [6.07, 6.45) is 3.06. The molecule has 2 heterocycles. The molecule has 2 aromatic carbocycles. The lowest BCUT2D eigenvalue weighted by atomic mass is 9.99. The fourth-order valence-corrected chi connectivity index (χ4v) is 5.58. The van der Waals surface area contributed by atoms with Crippen molar-refractivity contribution in [1.29, 1.82) is 0 Å². The van der Waals surface area contributed by atoms with E-state index < -0.39 is 15.9 Å². The van der Waals surface area contributed by atoms with Gasteiger partial charge in [-0.3, -0.25) is 9.59 Å². The fourth-order valence-electron chi connectivity index (χ4n) is 4.00. The van der Waals surface area contributed by atoms with E-state index in [0.717, 1.165) is 5.56 Å². The predicted octanol–water partition coefficient (Wildman–Crippen LogP) is 3.00. The minimum absolute atomic E-state index is 0.0485. The van der Waals surface area contributed by atoms with Crippen LogP contribution in [0.3, 0.4) is 0 Å². The molecule has 0 aliphatic carbocycles. The van der Waals surface area contributed by atoms with Crippen LogP contribution in [0.25, 0.3) is 0 Å². The van der Waals surface area contributed by atoms with Gasteiger partial charge in [0, 0.05) is 30.9 Å². The van der Waals surface area contributed by atoms with E-state index in [1.807, 2.05) is 30.3 Å². The summed E-state index contributed by atoms with van der Waals surface area (Å²) >= 11 is 0. The normalized spacial score (nSPS) is 20.0. The third-order valence-electron chi connectivity index (χ3n) is 5.63. The van der Waals surface area contributed by atoms with E-state index in [1.165, 1.54) is 10.4 Å². The molecule has 2 aliphatic heterocycles. The number of sulfonamides is 1. The van der Waals surface area contributed by atoms with Gasteiger partial charge >= 0.3 is 0 Å². The Morgan fingerprint density at radius 3 is 2.67 bits per heavy atom. The molecular formula is C22H25N3O4S. The average molecular weight is 428 g/mol. The molecule has 2 aromatic rings. The number of amides is 2. The van der Waals surface area contributed by atoms with Gasteiger partial charge in [-0.05, 0) is 61.6 Å². The van der Waals surface area contributed by atoms with Gasteiger partial charge in [0.05, 0.1) is 10.8 Å². The van der Waals surface area contributed by atoms with Crippen molar-refractivity contribution in [2.45, 2.75) is 37.0 Å². The molecule has 2 aliphatic rings. The highest BCUT2D eigenvalue weighted by Crippen LogP contribution is 2.29. The van der Waals surface area contributed by atoms with Crippen molar-refractivity contribution in [3.63, 3.8) is 0 Å². The van der Waals surface area contributed by atoms with E-state index in [2.05, 4.69) is 10.6 Å². The lowest BCUT2D eigenvalue weighted by Crippen LogP contribution is -2.43. The SMILES string of the molecule is O=C1CCCc2cc(S(=O)(=O)N3CCC[C@@H](C(=O)Nc4ccccc4)C3)ccc2N1. The first kappa shape index (κ1) is 20.6. The van der Waals surface area contributed by atoms with Gasteiger partial charge < -0.3 is 10.6 Å². The Hall–Kier alpha value is -2.71. The van der Waals surface area contributed by atoms with Crippen LogP contribution >= 0.6 is 0 Å². The van der Waals surface area contributed by atoms with Gasteiger partial charge in [-0.15, -0.1) is 0 Å². The monoisotopic (exact) mass is 427 g/mol. The van der Waals surface area contributed by atoms with Crippen LogP contribution in [0.2, 0.25) is 0 Å². The summed E-state index contributed by atoms with van der Waals surface area (Å²) < 4.78 is 27.9. The van der Waals surface area contributed by atoms with Gasteiger partial charge in [0.25, 0.3) is 0 Å². The second kappa shape index (κ2) is 8.57. The van der Waals surface area contributed by atoms with Crippen molar-refractivity contribution in [1.82, 2.24) is 4.31 Å². The molecule has 1 saturated heterocycles. The third kappa shape index (κ3) is 4.39. The van der Waals surface area contributed by atoms with Crippen molar-refractivity contribution in [3.8, 4) is 0 Å². The second-order valence-corrected chi connectivity index (χ2v) is 9.72. The Morgan fingerprint density at radius 2 is 1.87 bits per heavy atom. The Bertz CT molecular complexity index is 1050. The molecule has 0 saturated carbocycles. The number of rotatable bonds is 4. The van der Waals surface area contributed by atoms with Crippen LogP contribution in [0.4, 0.5) is 11.4 Å². The van der Waals surface area contributed by atoms with Crippen molar-refractivity contribution < 1.29 is 18.0 Å². The molecule has 2 N–H and O–H groups in total. The van der Waals surface area contributed by atoms with E-state index in [4.69, 9.17) is 0 Å². The first-order valence-electron chi connectivity index (χ1n) is 10.2. The minimum Gasteiger partial charge on any atom is -0.326 e. The number of nitrogens with one attached hydrogen (secondary N) is 2. The molecule has 0 radical (unpaired) electrons. The van der Waals surface area contributed by atoms with Crippen molar-refractivity contribution in [2.24, 2.45) is 5.92 Å². The van der Waals surface area contributed by atoms with Crippen LogP contribution in [0.1, 0.15) is 31.2 Å². The van der Waals surface area contributed by atoms with E-state index in [0.29, 0.717) is 50.0 Å². The van der Waals surface area contributed by atoms with Crippen LogP contribution in [0, 0.1) is 5.92 Å². The summed E-state index contributed by atoms with van der Waals surface area (Å²) in [5.41, 5.74) is 2.21. The van der Waals surface area contributed by atoms with Crippen molar-refractivity contribution in [2.75, 3.05) is 23.7 Å². The maximum Gasteiger partial charge on any atom is 0.243 e. The molecule has 2 amide bonds. The topological polar surface area (TPSA) is 95.6 Å². The number of para-hydroxylation sites is 1. The molecule has 158 valence electrons. The summed E-state index contributed by atoms with van der Waals surface area (Å²) in [5.74, 6) is -0.604. The lowest BCUT2D eigenvalue weighted by molar-refractivity contribution is -0.121. The summed E-state index contributed by atoms with van der Waals surface area (Å²) in [5, 5.41) is 5.70. The molecule has 0 unspecified atom stereocenters. The number of carbonyl (C=O) groups is 2. The number of anilines is 2. The van der Waals surface area contributed by atoms with Crippen LogP contribution in [0.5, 0.6) is 0 Å². The van der Waals surface area contributed by atoms with Crippen LogP contribution in [-0.2, 0) is 26.0 Å². The van der Waals surface area contributed by atoms with Crippen LogP contribution < -0.4 is 10.6 Å². The summed E-state index contributed by atoms with van der Waals surface area (Å²) in [6, 6.07) is 14.0. The standard InChI is InChI=1S/C22H25N3O4S/c26-21-10-4-6-16-14-19(11-12-20(16)24-21)30(28,29)25-13-5-7-17(15-25)22(27)23-18-8-2-1-3-9-18/h1-3,8-9,11-12,14,17H,4-7,10,13,15H2,(H,23,27)(H,24,26)/t17-/m1/s1. The maximum absolute atomic E-state index is 13.3. The molecule has 1 fully saturated rings. The highest BCUT2D eigenvalue weighted by molar-refractivity contribution is 7.89. The number of hydrogen-bond acceptors (Lipinski definition) is 4. The van der Waals surface area contributed by atoms with Crippen LogP contribution in [-0.4, -0.2) is 37.6 Å². The van der Waals surface area contributed by atoms with Gasteiger partial charge in [-0.1, -0.05) is 18.2 Å². The zero-order chi connectivity index (χ0) is 21.1. The third-order valence-corrected chi connectivity index (χ3v) is 7.50. The lowest BCUT2D eigenvalue weighted by Gasteiger charge is -2.31. The van der Waals surface area contributed by atoms with E-state index in [1.54, 1.807) is 12.1 Å². The molecule has 0 aromatic heterocycles. The molecule has 8 heteroatoms. The van der Waals surface area contributed by atoms with Gasteiger partial charge in [0.1, 0.15) is 0 Å². The van der Waals surface area contributed by atoms with E-state index in [9.17, 15) is 18.0 Å². The molecule has 1 atom stereocenters. The average Bonchev–Trinajstić information content (AvgIpc) is 2.94. The maximum atomic E-state index is 13.3. The quantitative estimate of drug-likeness (QED) is 0.784. The molecule has 0 spiro atoms. The van der Waals surface area contributed by atoms with E-state index in [-0.39, 0.29) is 23.3 Å². The first-order chi connectivity index (χ1) is 14.4. The zero-order valence-electron chi connectivity index (χ0n) is 16.6. The summed E-state index contributed by atoms with van der Waals surface area (Å²) in [4.78, 5) is 24.6. The number of hydrogen-bond donors (Lipinski definition) is 2. The molecule has 4 rings (SSSR count). The van der Waals surface area contributed by atoms with Gasteiger partial charge in [-0.2, -0.15) is 4.31 Å². The fraction of sp³-hybridized carbons (Fsp3) is 0.364. The van der Waals surface area contributed by atoms with Gasteiger partial charge in [0.2, 0.25) is 21.8 Å². The minimum atomic E-state index is -3.72.